The quantitative estimate of drug-likeness (QED) is 0.810. The molecule has 0 saturated carbocycles. The first-order chi connectivity index (χ1) is 8.69. The number of carboxylic acid groups (broad SMARTS) is 1. The van der Waals surface area contributed by atoms with Crippen LogP contribution in [0.25, 0.3) is 0 Å². The molecule has 1 rings (SSSR count). The monoisotopic (exact) mass is 272 g/mol. The van der Waals surface area contributed by atoms with Gasteiger partial charge >= 0.3 is 12.1 Å². The Kier molecular flexibility index (Phi) is 5.17. The summed E-state index contributed by atoms with van der Waals surface area (Å²) in [5.41, 5.74) is 5.36. The molecular formula is C13H24N2O4. The Morgan fingerprint density at radius 3 is 2.63 bits per heavy atom. The fraction of sp³-hybridized carbons (Fsp3) is 0.846. The summed E-state index contributed by atoms with van der Waals surface area (Å²) < 4.78 is 5.32. The summed E-state index contributed by atoms with van der Waals surface area (Å²) in [5, 5.41) is 8.76. The van der Waals surface area contributed by atoms with Crippen LogP contribution in [0.1, 0.15) is 40.0 Å². The summed E-state index contributed by atoms with van der Waals surface area (Å²) >= 11 is 0. The van der Waals surface area contributed by atoms with Gasteiger partial charge in [0.15, 0.2) is 0 Å². The van der Waals surface area contributed by atoms with Crippen LogP contribution in [0.2, 0.25) is 0 Å². The Morgan fingerprint density at radius 1 is 1.47 bits per heavy atom. The highest BCUT2D eigenvalue weighted by Gasteiger charge is 2.31. The van der Waals surface area contributed by atoms with Gasteiger partial charge in [-0.25, -0.2) is 4.79 Å². The summed E-state index contributed by atoms with van der Waals surface area (Å²) in [6, 6.07) is -0.414. The minimum atomic E-state index is -0.901. The molecule has 0 aromatic rings. The van der Waals surface area contributed by atoms with Crippen molar-refractivity contribution in [3.05, 3.63) is 0 Å². The molecule has 6 nitrogen and oxygen atoms in total. The van der Waals surface area contributed by atoms with Crippen molar-refractivity contribution in [1.82, 2.24) is 4.90 Å². The number of piperidine rings is 1. The van der Waals surface area contributed by atoms with E-state index in [1.807, 2.05) is 20.8 Å². The number of hydrogen-bond acceptors (Lipinski definition) is 4. The molecule has 1 aliphatic rings. The summed E-state index contributed by atoms with van der Waals surface area (Å²) in [6.07, 6.45) is 1.28. The Hall–Kier alpha value is -1.30. The number of carboxylic acids is 1. The van der Waals surface area contributed by atoms with E-state index in [2.05, 4.69) is 0 Å². The molecule has 19 heavy (non-hydrogen) atoms. The molecule has 110 valence electrons. The topological polar surface area (TPSA) is 92.9 Å². The van der Waals surface area contributed by atoms with Gasteiger partial charge in [-0.15, -0.1) is 0 Å². The standard InChI is InChI=1S/C13H24N2O4/c1-13(2,3)19-12(18)15-6-4-5-9(8-15)10(14)7-11(16)17/h9-10H,4-8,14H2,1-3H3,(H,16,17)/t9-,10-/m0/s1. The van der Waals surface area contributed by atoms with Gasteiger partial charge in [0.2, 0.25) is 0 Å². The minimum absolute atomic E-state index is 0.0253. The molecule has 0 radical (unpaired) electrons. The summed E-state index contributed by atoms with van der Waals surface area (Å²) in [6.45, 7) is 6.59. The number of nitrogens with two attached hydrogens (primary N) is 1. The minimum Gasteiger partial charge on any atom is -0.481 e. The van der Waals surface area contributed by atoms with Crippen molar-refractivity contribution in [2.75, 3.05) is 13.1 Å². The van der Waals surface area contributed by atoms with E-state index < -0.39 is 17.6 Å². The maximum atomic E-state index is 12.0. The third-order valence-electron chi connectivity index (χ3n) is 3.13. The number of ether oxygens (including phenoxy) is 1. The van der Waals surface area contributed by atoms with Crippen LogP contribution in [0.3, 0.4) is 0 Å². The molecule has 0 aromatic heterocycles. The molecule has 3 N–H and O–H groups in total. The van der Waals surface area contributed by atoms with Crippen LogP contribution >= 0.6 is 0 Å². The normalized spacial score (nSPS) is 21.9. The Morgan fingerprint density at radius 2 is 2.11 bits per heavy atom. The molecule has 0 unspecified atom stereocenters. The van der Waals surface area contributed by atoms with Crippen molar-refractivity contribution < 1.29 is 19.4 Å². The predicted molar refractivity (Wildman–Crippen MR) is 70.8 cm³/mol. The van der Waals surface area contributed by atoms with Gasteiger partial charge in [-0.1, -0.05) is 0 Å². The lowest BCUT2D eigenvalue weighted by Gasteiger charge is -2.36. The van der Waals surface area contributed by atoms with Crippen molar-refractivity contribution >= 4 is 12.1 Å². The number of likely N-dealkylation sites (tertiary alicyclic amines) is 1. The van der Waals surface area contributed by atoms with E-state index in [9.17, 15) is 9.59 Å². The number of amides is 1. The zero-order chi connectivity index (χ0) is 14.6. The molecule has 6 heteroatoms. The van der Waals surface area contributed by atoms with Gasteiger partial charge in [-0.05, 0) is 39.5 Å². The molecule has 0 aliphatic carbocycles. The predicted octanol–water partition coefficient (Wildman–Crippen LogP) is 1.44. The number of hydrogen-bond donors (Lipinski definition) is 2. The van der Waals surface area contributed by atoms with E-state index in [4.69, 9.17) is 15.6 Å². The van der Waals surface area contributed by atoms with Crippen LogP contribution in [0.5, 0.6) is 0 Å². The van der Waals surface area contributed by atoms with Crippen LogP contribution in [-0.4, -0.2) is 46.8 Å². The van der Waals surface area contributed by atoms with Crippen LogP contribution in [0, 0.1) is 5.92 Å². The van der Waals surface area contributed by atoms with Gasteiger partial charge in [0.25, 0.3) is 0 Å². The fourth-order valence-corrected chi connectivity index (χ4v) is 2.22. The lowest BCUT2D eigenvalue weighted by Crippen LogP contribution is -2.48. The summed E-state index contributed by atoms with van der Waals surface area (Å²) in [5.74, 6) is -0.876. The molecule has 1 aliphatic heterocycles. The number of carbonyl (C=O) groups is 2. The van der Waals surface area contributed by atoms with E-state index in [0.29, 0.717) is 13.1 Å². The largest absolute Gasteiger partial charge is 0.481 e. The molecule has 1 fully saturated rings. The maximum Gasteiger partial charge on any atom is 0.410 e. The SMILES string of the molecule is CC(C)(C)OC(=O)N1CCC[C@H]([C@@H](N)CC(=O)O)C1. The molecule has 1 amide bonds. The van der Waals surface area contributed by atoms with Gasteiger partial charge in [-0.2, -0.15) is 0 Å². The number of nitrogens with zero attached hydrogens (tertiary/aromatic N) is 1. The third-order valence-corrected chi connectivity index (χ3v) is 3.13. The average molecular weight is 272 g/mol. The molecule has 1 heterocycles. The van der Waals surface area contributed by atoms with Gasteiger partial charge in [0.05, 0.1) is 6.42 Å². The second-order valence-corrected chi connectivity index (χ2v) is 6.09. The zero-order valence-corrected chi connectivity index (χ0v) is 11.9. The number of aliphatic carboxylic acids is 1. The highest BCUT2D eigenvalue weighted by atomic mass is 16.6. The Labute approximate surface area is 113 Å². The van der Waals surface area contributed by atoms with E-state index in [-0.39, 0.29) is 18.4 Å². The van der Waals surface area contributed by atoms with Gasteiger partial charge in [0, 0.05) is 19.1 Å². The first kappa shape index (κ1) is 15.8. The lowest BCUT2D eigenvalue weighted by atomic mass is 9.89. The van der Waals surface area contributed by atoms with Gasteiger partial charge in [-0.3, -0.25) is 4.79 Å². The van der Waals surface area contributed by atoms with Gasteiger partial charge in [0.1, 0.15) is 5.60 Å². The first-order valence-electron chi connectivity index (χ1n) is 6.64. The van der Waals surface area contributed by atoms with Crippen molar-refractivity contribution in [3.63, 3.8) is 0 Å². The molecular weight excluding hydrogens is 248 g/mol. The van der Waals surface area contributed by atoms with Crippen molar-refractivity contribution in [2.45, 2.75) is 51.7 Å². The average Bonchev–Trinajstić information content (AvgIpc) is 2.26. The third kappa shape index (κ3) is 5.46. The summed E-state index contributed by atoms with van der Waals surface area (Å²) in [7, 11) is 0. The molecule has 0 bridgehead atoms. The van der Waals surface area contributed by atoms with E-state index >= 15 is 0 Å². The van der Waals surface area contributed by atoms with Crippen molar-refractivity contribution in [2.24, 2.45) is 11.7 Å². The van der Waals surface area contributed by atoms with Crippen LogP contribution < -0.4 is 5.73 Å². The van der Waals surface area contributed by atoms with E-state index in [0.717, 1.165) is 12.8 Å². The zero-order valence-electron chi connectivity index (χ0n) is 11.9. The second kappa shape index (κ2) is 6.23. The number of rotatable bonds is 3. The highest BCUT2D eigenvalue weighted by molar-refractivity contribution is 5.68. The highest BCUT2D eigenvalue weighted by Crippen LogP contribution is 2.22. The van der Waals surface area contributed by atoms with Crippen LogP contribution in [0.4, 0.5) is 4.79 Å². The Bertz CT molecular complexity index is 338. The second-order valence-electron chi connectivity index (χ2n) is 6.09. The molecule has 0 spiro atoms. The van der Waals surface area contributed by atoms with Crippen molar-refractivity contribution in [3.8, 4) is 0 Å². The van der Waals surface area contributed by atoms with E-state index in [1.165, 1.54) is 0 Å². The number of carbonyl (C=O) groups excluding carboxylic acids is 1. The fourth-order valence-electron chi connectivity index (χ4n) is 2.22. The summed E-state index contributed by atoms with van der Waals surface area (Å²) in [4.78, 5) is 24.2. The molecule has 0 aromatic carbocycles. The first-order valence-corrected chi connectivity index (χ1v) is 6.64. The van der Waals surface area contributed by atoms with Crippen LogP contribution in [-0.2, 0) is 9.53 Å². The van der Waals surface area contributed by atoms with Crippen LogP contribution in [0.15, 0.2) is 0 Å². The van der Waals surface area contributed by atoms with E-state index in [1.54, 1.807) is 4.90 Å². The lowest BCUT2D eigenvalue weighted by molar-refractivity contribution is -0.137. The van der Waals surface area contributed by atoms with Gasteiger partial charge < -0.3 is 20.5 Å². The maximum absolute atomic E-state index is 12.0. The smallest absolute Gasteiger partial charge is 0.410 e. The Balaban J connectivity index is 2.54. The molecule has 2 atom stereocenters. The molecule has 1 saturated heterocycles. The van der Waals surface area contributed by atoms with Crippen molar-refractivity contribution in [1.29, 1.82) is 0 Å².